The van der Waals surface area contributed by atoms with Gasteiger partial charge in [-0.05, 0) is 13.8 Å². The zero-order valence-corrected chi connectivity index (χ0v) is 11.2. The summed E-state index contributed by atoms with van der Waals surface area (Å²) in [6.45, 7) is 3.90. The van der Waals surface area contributed by atoms with Crippen LogP contribution < -0.4 is 5.32 Å². The summed E-state index contributed by atoms with van der Waals surface area (Å²) in [7, 11) is 1.87. The number of aryl methyl sites for hydroxylation is 2. The Hall–Kier alpha value is -1.92. The maximum atomic E-state index is 12.3. The number of rotatable bonds is 5. The van der Waals surface area contributed by atoms with Crippen molar-refractivity contribution in [2.75, 3.05) is 5.32 Å². The fourth-order valence-electron chi connectivity index (χ4n) is 1.81. The van der Waals surface area contributed by atoms with Crippen LogP contribution in [-0.4, -0.2) is 26.0 Å². The van der Waals surface area contributed by atoms with Crippen molar-refractivity contribution in [3.05, 3.63) is 29.2 Å². The molecule has 0 saturated heterocycles. The van der Waals surface area contributed by atoms with E-state index in [0.29, 0.717) is 6.54 Å². The van der Waals surface area contributed by atoms with Gasteiger partial charge in [0.25, 0.3) is 6.43 Å². The molecule has 2 rings (SSSR count). The van der Waals surface area contributed by atoms with E-state index in [1.165, 1.54) is 4.68 Å². The second-order valence-corrected chi connectivity index (χ2v) is 4.48. The molecular weight excluding hydrogens is 252 g/mol. The van der Waals surface area contributed by atoms with E-state index in [1.807, 2.05) is 20.0 Å². The molecule has 0 aromatic carbocycles. The topological polar surface area (TPSA) is 47.7 Å². The summed E-state index contributed by atoms with van der Waals surface area (Å²) in [5.41, 5.74) is 2.69. The molecule has 0 aliphatic rings. The van der Waals surface area contributed by atoms with Gasteiger partial charge in [0.05, 0.1) is 6.20 Å². The molecule has 2 aromatic rings. The summed E-state index contributed by atoms with van der Waals surface area (Å²) >= 11 is 0. The molecule has 0 fully saturated rings. The van der Waals surface area contributed by atoms with Gasteiger partial charge in [0.2, 0.25) is 0 Å². The van der Waals surface area contributed by atoms with E-state index in [1.54, 1.807) is 17.8 Å². The van der Waals surface area contributed by atoms with Gasteiger partial charge in [-0.1, -0.05) is 0 Å². The summed E-state index contributed by atoms with van der Waals surface area (Å²) in [5, 5.41) is 11.4. The monoisotopic (exact) mass is 269 g/mol. The number of halogens is 2. The van der Waals surface area contributed by atoms with Gasteiger partial charge in [-0.25, -0.2) is 8.78 Å². The predicted octanol–water partition coefficient (Wildman–Crippen LogP) is 2.11. The van der Waals surface area contributed by atoms with Gasteiger partial charge in [0.1, 0.15) is 12.4 Å². The molecule has 0 spiro atoms. The fraction of sp³-hybridized carbons (Fsp3) is 0.500. The van der Waals surface area contributed by atoms with E-state index in [9.17, 15) is 8.78 Å². The molecule has 104 valence electrons. The van der Waals surface area contributed by atoms with Crippen LogP contribution in [0, 0.1) is 13.8 Å². The Morgan fingerprint density at radius 2 is 2.11 bits per heavy atom. The Balaban J connectivity index is 2.01. The third-order valence-corrected chi connectivity index (χ3v) is 3.09. The first kappa shape index (κ1) is 13.5. The van der Waals surface area contributed by atoms with Crippen LogP contribution in [0.1, 0.15) is 17.0 Å². The third kappa shape index (κ3) is 3.10. The first-order chi connectivity index (χ1) is 8.97. The number of nitrogens with one attached hydrogen (secondary N) is 1. The molecule has 0 atom stereocenters. The lowest BCUT2D eigenvalue weighted by Crippen LogP contribution is -2.10. The zero-order valence-electron chi connectivity index (χ0n) is 11.2. The van der Waals surface area contributed by atoms with Gasteiger partial charge in [-0.3, -0.25) is 9.36 Å². The summed E-state index contributed by atoms with van der Waals surface area (Å²) < 4.78 is 27.7. The summed E-state index contributed by atoms with van der Waals surface area (Å²) in [6.07, 6.45) is -0.779. The van der Waals surface area contributed by atoms with Gasteiger partial charge < -0.3 is 5.32 Å². The lowest BCUT2D eigenvalue weighted by atomic mass is 10.2. The smallest absolute Gasteiger partial charge is 0.257 e. The van der Waals surface area contributed by atoms with Crippen molar-refractivity contribution in [3.63, 3.8) is 0 Å². The minimum atomic E-state index is -2.39. The van der Waals surface area contributed by atoms with Crippen molar-refractivity contribution in [1.82, 2.24) is 19.6 Å². The molecular formula is C12H17F2N5. The predicted molar refractivity (Wildman–Crippen MR) is 68.2 cm³/mol. The second kappa shape index (κ2) is 5.38. The molecule has 0 radical (unpaired) electrons. The van der Waals surface area contributed by atoms with Crippen LogP contribution in [0.4, 0.5) is 14.6 Å². The molecule has 2 heterocycles. The zero-order chi connectivity index (χ0) is 14.0. The molecule has 0 aliphatic carbocycles. The SMILES string of the molecule is Cc1cc(NCc2cnn(CC(F)F)c2C)nn1C. The van der Waals surface area contributed by atoms with Crippen LogP contribution in [0.15, 0.2) is 12.3 Å². The van der Waals surface area contributed by atoms with Gasteiger partial charge in [0.15, 0.2) is 0 Å². The Kier molecular flexibility index (Phi) is 3.82. The van der Waals surface area contributed by atoms with Crippen molar-refractivity contribution < 1.29 is 8.78 Å². The minimum Gasteiger partial charge on any atom is -0.364 e. The number of nitrogens with zero attached hydrogens (tertiary/aromatic N) is 4. The quantitative estimate of drug-likeness (QED) is 0.904. The van der Waals surface area contributed by atoms with Crippen LogP contribution in [0.3, 0.4) is 0 Å². The number of hydrogen-bond donors (Lipinski definition) is 1. The van der Waals surface area contributed by atoms with E-state index in [0.717, 1.165) is 22.8 Å². The minimum absolute atomic E-state index is 0.367. The molecule has 5 nitrogen and oxygen atoms in total. The molecule has 7 heteroatoms. The van der Waals surface area contributed by atoms with E-state index in [2.05, 4.69) is 15.5 Å². The maximum Gasteiger partial charge on any atom is 0.257 e. The number of alkyl halides is 2. The van der Waals surface area contributed by atoms with Crippen LogP contribution in [-0.2, 0) is 20.1 Å². The van der Waals surface area contributed by atoms with Crippen LogP contribution in [0.2, 0.25) is 0 Å². The Morgan fingerprint density at radius 1 is 1.37 bits per heavy atom. The van der Waals surface area contributed by atoms with Crippen LogP contribution >= 0.6 is 0 Å². The Bertz CT molecular complexity index is 539. The van der Waals surface area contributed by atoms with Gasteiger partial charge >= 0.3 is 0 Å². The van der Waals surface area contributed by atoms with Crippen LogP contribution in [0.5, 0.6) is 0 Å². The average molecular weight is 269 g/mol. The lowest BCUT2D eigenvalue weighted by molar-refractivity contribution is 0.121. The lowest BCUT2D eigenvalue weighted by Gasteiger charge is -2.05. The van der Waals surface area contributed by atoms with Gasteiger partial charge in [-0.2, -0.15) is 10.2 Å². The fourth-order valence-corrected chi connectivity index (χ4v) is 1.81. The molecule has 2 aromatic heterocycles. The maximum absolute atomic E-state index is 12.3. The van der Waals surface area contributed by atoms with Gasteiger partial charge in [0, 0.05) is 36.6 Å². The first-order valence-corrected chi connectivity index (χ1v) is 6.01. The van der Waals surface area contributed by atoms with Crippen molar-refractivity contribution >= 4 is 5.82 Å². The van der Waals surface area contributed by atoms with E-state index >= 15 is 0 Å². The highest BCUT2D eigenvalue weighted by Gasteiger charge is 2.11. The van der Waals surface area contributed by atoms with Gasteiger partial charge in [-0.15, -0.1) is 0 Å². The largest absolute Gasteiger partial charge is 0.364 e. The average Bonchev–Trinajstić information content (AvgIpc) is 2.82. The van der Waals surface area contributed by atoms with Crippen LogP contribution in [0.25, 0.3) is 0 Å². The molecule has 0 unspecified atom stereocenters. The standard InChI is InChI=1S/C12H17F2N5/c1-8-4-12(17-18(8)3)15-5-10-6-16-19(9(10)2)7-11(13)14/h4,6,11H,5,7H2,1-3H3,(H,15,17). The number of hydrogen-bond acceptors (Lipinski definition) is 3. The van der Waals surface area contributed by atoms with Crippen molar-refractivity contribution in [1.29, 1.82) is 0 Å². The summed E-state index contributed by atoms with van der Waals surface area (Å²) in [6, 6.07) is 1.93. The molecule has 0 amide bonds. The molecule has 0 bridgehead atoms. The van der Waals surface area contributed by atoms with E-state index in [-0.39, 0.29) is 6.54 Å². The summed E-state index contributed by atoms with van der Waals surface area (Å²) in [4.78, 5) is 0. The van der Waals surface area contributed by atoms with Crippen molar-refractivity contribution in [2.45, 2.75) is 33.4 Å². The highest BCUT2D eigenvalue weighted by Crippen LogP contribution is 2.13. The summed E-state index contributed by atoms with van der Waals surface area (Å²) in [5.74, 6) is 0.765. The van der Waals surface area contributed by atoms with Crippen molar-refractivity contribution in [2.24, 2.45) is 7.05 Å². The highest BCUT2D eigenvalue weighted by molar-refractivity contribution is 5.37. The molecule has 19 heavy (non-hydrogen) atoms. The number of anilines is 1. The second-order valence-electron chi connectivity index (χ2n) is 4.48. The highest BCUT2D eigenvalue weighted by atomic mass is 19.3. The molecule has 1 N–H and O–H groups in total. The molecule has 0 aliphatic heterocycles. The normalized spacial score (nSPS) is 11.3. The Morgan fingerprint density at radius 3 is 2.68 bits per heavy atom. The van der Waals surface area contributed by atoms with Crippen molar-refractivity contribution in [3.8, 4) is 0 Å². The first-order valence-electron chi connectivity index (χ1n) is 6.01. The van der Waals surface area contributed by atoms with E-state index < -0.39 is 6.43 Å². The molecule has 0 saturated carbocycles. The third-order valence-electron chi connectivity index (χ3n) is 3.09. The number of aromatic nitrogens is 4. The van der Waals surface area contributed by atoms with E-state index in [4.69, 9.17) is 0 Å². The Labute approximate surface area is 110 Å².